The number of hydrogen-bond donors (Lipinski definition) is 0. The molecule has 0 amide bonds. The second kappa shape index (κ2) is 6.97. The van der Waals surface area contributed by atoms with Gasteiger partial charge in [0.15, 0.2) is 0 Å². The number of aryl methyl sites for hydroxylation is 2. The fourth-order valence-electron chi connectivity index (χ4n) is 2.24. The van der Waals surface area contributed by atoms with Gasteiger partial charge in [0.1, 0.15) is 19.0 Å². The average Bonchev–Trinajstić information content (AvgIpc) is 3.03. The summed E-state index contributed by atoms with van der Waals surface area (Å²) in [6.45, 7) is 3.94. The lowest BCUT2D eigenvalue weighted by Crippen LogP contribution is -2.13. The normalized spacial score (nSPS) is 10.4. The van der Waals surface area contributed by atoms with Crippen LogP contribution in [0.5, 0.6) is 5.75 Å². The molecule has 0 saturated heterocycles. The van der Waals surface area contributed by atoms with Gasteiger partial charge >= 0.3 is 5.97 Å². The number of rotatable bonds is 5. The SMILES string of the molecule is Cc1cc(C)n2nc(C(=O)OCCOc3ccc(C#N)cc3)nc2n1. The van der Waals surface area contributed by atoms with E-state index in [4.69, 9.17) is 14.7 Å². The van der Waals surface area contributed by atoms with Crippen molar-refractivity contribution in [1.82, 2.24) is 19.6 Å². The van der Waals surface area contributed by atoms with E-state index in [-0.39, 0.29) is 19.0 Å². The standard InChI is InChI=1S/C17H15N5O3/c1-11-9-12(2)22-17(19-11)20-15(21-22)16(23)25-8-7-24-14-5-3-13(10-18)4-6-14/h3-6,9H,7-8H2,1-2H3. The summed E-state index contributed by atoms with van der Waals surface area (Å²) >= 11 is 0. The van der Waals surface area contributed by atoms with E-state index in [1.807, 2.05) is 26.0 Å². The minimum absolute atomic E-state index is 0.0421. The zero-order valence-electron chi connectivity index (χ0n) is 13.8. The number of nitriles is 1. The molecular formula is C17H15N5O3. The number of benzene rings is 1. The topological polar surface area (TPSA) is 102 Å². The van der Waals surface area contributed by atoms with E-state index in [2.05, 4.69) is 15.1 Å². The summed E-state index contributed by atoms with van der Waals surface area (Å²) < 4.78 is 12.0. The summed E-state index contributed by atoms with van der Waals surface area (Å²) in [5, 5.41) is 12.8. The van der Waals surface area contributed by atoms with E-state index in [1.165, 1.54) is 4.52 Å². The third kappa shape index (κ3) is 3.72. The zero-order valence-corrected chi connectivity index (χ0v) is 13.8. The average molecular weight is 337 g/mol. The highest BCUT2D eigenvalue weighted by Crippen LogP contribution is 2.11. The van der Waals surface area contributed by atoms with Gasteiger partial charge in [0, 0.05) is 11.4 Å². The van der Waals surface area contributed by atoms with Gasteiger partial charge in [-0.25, -0.2) is 14.3 Å². The first-order valence-electron chi connectivity index (χ1n) is 7.58. The number of esters is 1. The lowest BCUT2D eigenvalue weighted by Gasteiger charge is -2.06. The second-order valence-electron chi connectivity index (χ2n) is 5.31. The molecule has 0 saturated carbocycles. The Morgan fingerprint density at radius 1 is 1.20 bits per heavy atom. The molecule has 0 aliphatic rings. The van der Waals surface area contributed by atoms with E-state index >= 15 is 0 Å². The monoisotopic (exact) mass is 337 g/mol. The molecule has 126 valence electrons. The lowest BCUT2D eigenvalue weighted by atomic mass is 10.2. The fraction of sp³-hybridized carbons (Fsp3) is 0.235. The Kier molecular flexibility index (Phi) is 4.57. The van der Waals surface area contributed by atoms with Gasteiger partial charge in [-0.2, -0.15) is 10.2 Å². The van der Waals surface area contributed by atoms with E-state index in [0.29, 0.717) is 17.1 Å². The summed E-state index contributed by atoms with van der Waals surface area (Å²) in [4.78, 5) is 20.3. The first-order valence-corrected chi connectivity index (χ1v) is 7.58. The van der Waals surface area contributed by atoms with Gasteiger partial charge in [0.25, 0.3) is 11.6 Å². The van der Waals surface area contributed by atoms with Gasteiger partial charge in [-0.3, -0.25) is 0 Å². The van der Waals surface area contributed by atoms with Crippen molar-refractivity contribution in [2.45, 2.75) is 13.8 Å². The van der Waals surface area contributed by atoms with E-state index < -0.39 is 5.97 Å². The number of nitrogens with zero attached hydrogens (tertiary/aromatic N) is 5. The van der Waals surface area contributed by atoms with Crippen molar-refractivity contribution in [3.63, 3.8) is 0 Å². The second-order valence-corrected chi connectivity index (χ2v) is 5.31. The third-order valence-corrected chi connectivity index (χ3v) is 3.37. The molecule has 0 unspecified atom stereocenters. The fourth-order valence-corrected chi connectivity index (χ4v) is 2.24. The third-order valence-electron chi connectivity index (χ3n) is 3.37. The van der Waals surface area contributed by atoms with Crippen LogP contribution in [0.2, 0.25) is 0 Å². The summed E-state index contributed by atoms with van der Waals surface area (Å²) in [5.41, 5.74) is 2.18. The van der Waals surface area contributed by atoms with Crippen molar-refractivity contribution in [1.29, 1.82) is 5.26 Å². The van der Waals surface area contributed by atoms with E-state index in [1.54, 1.807) is 24.3 Å². The molecule has 3 aromatic rings. The van der Waals surface area contributed by atoms with Crippen LogP contribution >= 0.6 is 0 Å². The molecule has 0 aliphatic heterocycles. The van der Waals surface area contributed by atoms with Gasteiger partial charge in [0.05, 0.1) is 11.6 Å². The molecule has 0 aliphatic carbocycles. The number of aromatic nitrogens is 4. The molecule has 0 bridgehead atoms. The number of fused-ring (bicyclic) bond motifs is 1. The Morgan fingerprint density at radius 3 is 2.68 bits per heavy atom. The lowest BCUT2D eigenvalue weighted by molar-refractivity contribution is 0.0436. The molecule has 0 atom stereocenters. The number of hydrogen-bond acceptors (Lipinski definition) is 7. The Balaban J connectivity index is 1.55. The van der Waals surface area contributed by atoms with Crippen LogP contribution in [0.1, 0.15) is 27.6 Å². The zero-order chi connectivity index (χ0) is 17.8. The molecule has 0 N–H and O–H groups in total. The van der Waals surface area contributed by atoms with Gasteiger partial charge < -0.3 is 9.47 Å². The smallest absolute Gasteiger partial charge is 0.378 e. The molecule has 25 heavy (non-hydrogen) atoms. The Morgan fingerprint density at radius 2 is 1.96 bits per heavy atom. The van der Waals surface area contributed by atoms with Crippen LogP contribution in [-0.2, 0) is 4.74 Å². The maximum absolute atomic E-state index is 12.0. The largest absolute Gasteiger partial charge is 0.490 e. The molecule has 0 fully saturated rings. The van der Waals surface area contributed by atoms with Crippen molar-refractivity contribution in [2.75, 3.05) is 13.2 Å². The minimum atomic E-state index is -0.633. The molecule has 0 radical (unpaired) electrons. The summed E-state index contributed by atoms with van der Waals surface area (Å²) in [5.74, 6) is 0.278. The van der Waals surface area contributed by atoms with Crippen LogP contribution in [0, 0.1) is 25.2 Å². The summed E-state index contributed by atoms with van der Waals surface area (Å²) in [6, 6.07) is 10.5. The van der Waals surface area contributed by atoms with Gasteiger partial charge in [-0.05, 0) is 44.2 Å². The molecule has 3 rings (SSSR count). The van der Waals surface area contributed by atoms with Crippen LogP contribution in [0.4, 0.5) is 0 Å². The van der Waals surface area contributed by atoms with Crippen LogP contribution in [0.15, 0.2) is 30.3 Å². The molecule has 0 spiro atoms. The van der Waals surface area contributed by atoms with Gasteiger partial charge in [-0.1, -0.05) is 0 Å². The molecule has 2 aromatic heterocycles. The highest BCUT2D eigenvalue weighted by atomic mass is 16.6. The van der Waals surface area contributed by atoms with Crippen LogP contribution in [-0.4, -0.2) is 38.8 Å². The predicted octanol–water partition coefficient (Wildman–Crippen LogP) is 1.85. The van der Waals surface area contributed by atoms with Crippen LogP contribution in [0.3, 0.4) is 0 Å². The van der Waals surface area contributed by atoms with Crippen LogP contribution < -0.4 is 4.74 Å². The summed E-state index contributed by atoms with van der Waals surface area (Å²) in [7, 11) is 0. The maximum atomic E-state index is 12.0. The van der Waals surface area contributed by atoms with Crippen molar-refractivity contribution in [3.05, 3.63) is 53.1 Å². The highest BCUT2D eigenvalue weighted by molar-refractivity contribution is 5.85. The Hall–Kier alpha value is -3.47. The predicted molar refractivity (Wildman–Crippen MR) is 87.2 cm³/mol. The molecule has 8 heteroatoms. The molecular weight excluding hydrogens is 322 g/mol. The number of ether oxygens (including phenoxy) is 2. The quantitative estimate of drug-likeness (QED) is 0.517. The molecule has 1 aromatic carbocycles. The van der Waals surface area contributed by atoms with Crippen molar-refractivity contribution >= 4 is 11.7 Å². The van der Waals surface area contributed by atoms with Gasteiger partial charge in [-0.15, -0.1) is 5.10 Å². The van der Waals surface area contributed by atoms with Crippen LogP contribution in [0.25, 0.3) is 5.78 Å². The molecule has 8 nitrogen and oxygen atoms in total. The summed E-state index contributed by atoms with van der Waals surface area (Å²) in [6.07, 6.45) is 0. The van der Waals surface area contributed by atoms with Crippen molar-refractivity contribution in [3.8, 4) is 11.8 Å². The van der Waals surface area contributed by atoms with Gasteiger partial charge in [0.2, 0.25) is 0 Å². The maximum Gasteiger partial charge on any atom is 0.378 e. The highest BCUT2D eigenvalue weighted by Gasteiger charge is 2.16. The van der Waals surface area contributed by atoms with E-state index in [9.17, 15) is 4.79 Å². The first-order chi connectivity index (χ1) is 12.1. The molecule has 2 heterocycles. The van der Waals surface area contributed by atoms with E-state index in [0.717, 1.165) is 11.4 Å². The minimum Gasteiger partial charge on any atom is -0.490 e. The number of carbonyl (C=O) groups excluding carboxylic acids is 1. The Bertz CT molecular complexity index is 957. The van der Waals surface area contributed by atoms with Crippen molar-refractivity contribution in [2.24, 2.45) is 0 Å². The van der Waals surface area contributed by atoms with Crippen molar-refractivity contribution < 1.29 is 14.3 Å². The Labute approximate surface area is 143 Å². The first kappa shape index (κ1) is 16.4. The number of carbonyl (C=O) groups is 1.